The van der Waals surface area contributed by atoms with Gasteiger partial charge >= 0.3 is 0 Å². The molecule has 5 heteroatoms. The second kappa shape index (κ2) is 6.01. The third kappa shape index (κ3) is 2.80. The zero-order valence-electron chi connectivity index (χ0n) is 12.8. The Morgan fingerprint density at radius 2 is 2.09 bits per heavy atom. The fraction of sp³-hybridized carbons (Fsp3) is 0.278. The maximum absolute atomic E-state index is 14.1. The van der Waals surface area contributed by atoms with Gasteiger partial charge in [0.05, 0.1) is 19.2 Å². The van der Waals surface area contributed by atoms with Crippen LogP contribution >= 0.6 is 0 Å². The molecule has 0 radical (unpaired) electrons. The van der Waals surface area contributed by atoms with E-state index in [2.05, 4.69) is 5.32 Å². The molecular weight excluding hydrogens is 297 g/mol. The molecule has 1 amide bonds. The number of fused-ring (bicyclic) bond motifs is 1. The molecule has 0 aliphatic heterocycles. The molecule has 1 atom stereocenters. The van der Waals surface area contributed by atoms with Crippen LogP contribution in [-0.2, 0) is 12.0 Å². The molecule has 0 fully saturated rings. The van der Waals surface area contributed by atoms with Crippen molar-refractivity contribution in [1.82, 2.24) is 5.32 Å². The highest BCUT2D eigenvalue weighted by molar-refractivity contribution is 5.95. The van der Waals surface area contributed by atoms with Crippen LogP contribution < -0.4 is 10.1 Å². The summed E-state index contributed by atoms with van der Waals surface area (Å²) < 4.78 is 19.0. The summed E-state index contributed by atoms with van der Waals surface area (Å²) in [6, 6.07) is 12.0. The highest BCUT2D eigenvalue weighted by atomic mass is 19.1. The molecule has 4 nitrogen and oxygen atoms in total. The van der Waals surface area contributed by atoms with Crippen LogP contribution in [0, 0.1) is 5.82 Å². The predicted octanol–water partition coefficient (Wildman–Crippen LogP) is 2.40. The number of halogens is 1. The van der Waals surface area contributed by atoms with Gasteiger partial charge in [0.15, 0.2) is 11.6 Å². The first-order valence-corrected chi connectivity index (χ1v) is 7.46. The molecule has 0 saturated carbocycles. The largest absolute Gasteiger partial charge is 0.494 e. The Morgan fingerprint density at radius 1 is 1.30 bits per heavy atom. The molecule has 2 N–H and O–H groups in total. The van der Waals surface area contributed by atoms with Crippen LogP contribution in [0.4, 0.5) is 4.39 Å². The summed E-state index contributed by atoms with van der Waals surface area (Å²) >= 11 is 0. The molecule has 120 valence electrons. The zero-order chi connectivity index (χ0) is 16.4. The van der Waals surface area contributed by atoms with E-state index in [4.69, 9.17) is 4.74 Å². The van der Waals surface area contributed by atoms with Crippen molar-refractivity contribution in [2.75, 3.05) is 13.7 Å². The molecule has 1 unspecified atom stereocenters. The summed E-state index contributed by atoms with van der Waals surface area (Å²) in [5.74, 6) is -1.26. The van der Waals surface area contributed by atoms with Crippen molar-refractivity contribution in [3.8, 4) is 5.75 Å². The van der Waals surface area contributed by atoms with Gasteiger partial charge in [-0.1, -0.05) is 30.3 Å². The van der Waals surface area contributed by atoms with E-state index >= 15 is 0 Å². The Hall–Kier alpha value is -2.40. The minimum absolute atomic E-state index is 0.0163. The Labute approximate surface area is 133 Å². The molecule has 2 aromatic rings. The van der Waals surface area contributed by atoms with Gasteiger partial charge in [0, 0.05) is 0 Å². The molecule has 0 spiro atoms. The fourth-order valence-electron chi connectivity index (χ4n) is 3.02. The maximum Gasteiger partial charge on any atom is 0.254 e. The van der Waals surface area contributed by atoms with E-state index in [1.54, 1.807) is 6.07 Å². The number of carbonyl (C=O) groups is 1. The second-order valence-corrected chi connectivity index (χ2v) is 5.69. The number of aliphatic hydroxyl groups is 1. The number of rotatable bonds is 4. The summed E-state index contributed by atoms with van der Waals surface area (Å²) in [7, 11) is 1.35. The van der Waals surface area contributed by atoms with Crippen LogP contribution in [0.2, 0.25) is 0 Å². The summed E-state index contributed by atoms with van der Waals surface area (Å²) in [5, 5.41) is 13.4. The van der Waals surface area contributed by atoms with E-state index < -0.39 is 17.3 Å². The molecule has 1 aliphatic rings. The monoisotopic (exact) mass is 315 g/mol. The van der Waals surface area contributed by atoms with E-state index in [0.717, 1.165) is 17.5 Å². The van der Waals surface area contributed by atoms with Crippen molar-refractivity contribution in [3.05, 3.63) is 65.0 Å². The lowest BCUT2D eigenvalue weighted by Crippen LogP contribution is -2.39. The average molecular weight is 315 g/mol. The minimum Gasteiger partial charge on any atom is -0.494 e. The van der Waals surface area contributed by atoms with Gasteiger partial charge in [0.25, 0.3) is 5.91 Å². The topological polar surface area (TPSA) is 58.6 Å². The molecule has 23 heavy (non-hydrogen) atoms. The number of ether oxygens (including phenoxy) is 1. The van der Waals surface area contributed by atoms with Crippen molar-refractivity contribution >= 4 is 5.91 Å². The number of nitrogens with one attached hydrogen (secondary N) is 1. The second-order valence-electron chi connectivity index (χ2n) is 5.69. The fourth-order valence-corrected chi connectivity index (χ4v) is 3.02. The quantitative estimate of drug-likeness (QED) is 0.911. The van der Waals surface area contributed by atoms with Crippen molar-refractivity contribution < 1.29 is 19.0 Å². The predicted molar refractivity (Wildman–Crippen MR) is 83.9 cm³/mol. The van der Waals surface area contributed by atoms with Gasteiger partial charge in [-0.2, -0.15) is 0 Å². The lowest BCUT2D eigenvalue weighted by Gasteiger charge is -2.24. The maximum atomic E-state index is 14.1. The van der Waals surface area contributed by atoms with Crippen molar-refractivity contribution in [3.63, 3.8) is 0 Å². The van der Waals surface area contributed by atoms with Crippen molar-refractivity contribution in [2.24, 2.45) is 0 Å². The Bertz CT molecular complexity index is 747. The average Bonchev–Trinajstić information content (AvgIpc) is 2.91. The standard InChI is InChI=1S/C18H18FNO3/c1-23-15-8-4-6-13(16(15)19)17(21)20-11-18(22)10-9-12-5-2-3-7-14(12)18/h2-8,22H,9-11H2,1H3,(H,20,21). The van der Waals surface area contributed by atoms with E-state index in [1.165, 1.54) is 19.2 Å². The van der Waals surface area contributed by atoms with Gasteiger partial charge in [-0.3, -0.25) is 4.79 Å². The van der Waals surface area contributed by atoms with Gasteiger partial charge in [-0.05, 0) is 36.1 Å². The van der Waals surface area contributed by atoms with Crippen LogP contribution in [0.25, 0.3) is 0 Å². The first-order valence-electron chi connectivity index (χ1n) is 7.46. The summed E-state index contributed by atoms with van der Waals surface area (Å²) in [5.41, 5.74) is 0.698. The van der Waals surface area contributed by atoms with Gasteiger partial charge < -0.3 is 15.2 Å². The van der Waals surface area contributed by atoms with Crippen LogP contribution in [0.3, 0.4) is 0 Å². The van der Waals surface area contributed by atoms with Crippen LogP contribution in [0.5, 0.6) is 5.75 Å². The highest BCUT2D eigenvalue weighted by Gasteiger charge is 2.36. The number of amides is 1. The molecule has 0 heterocycles. The lowest BCUT2D eigenvalue weighted by molar-refractivity contribution is 0.0369. The number of benzene rings is 2. The molecular formula is C18H18FNO3. The van der Waals surface area contributed by atoms with Crippen molar-refractivity contribution in [2.45, 2.75) is 18.4 Å². The normalized spacial score (nSPS) is 19.3. The van der Waals surface area contributed by atoms with Gasteiger partial charge in [0.1, 0.15) is 5.60 Å². The molecule has 0 saturated heterocycles. The summed E-state index contributed by atoms with van der Waals surface area (Å²) in [4.78, 5) is 12.2. The smallest absolute Gasteiger partial charge is 0.254 e. The summed E-state index contributed by atoms with van der Waals surface area (Å²) in [6.45, 7) is 0.0412. The number of aryl methyl sites for hydroxylation is 1. The molecule has 0 bridgehead atoms. The number of hydrogen-bond donors (Lipinski definition) is 2. The Morgan fingerprint density at radius 3 is 2.87 bits per heavy atom. The Balaban J connectivity index is 1.76. The molecule has 3 rings (SSSR count). The summed E-state index contributed by atoms with van der Waals surface area (Å²) in [6.07, 6.45) is 1.29. The van der Waals surface area contributed by atoms with Crippen LogP contribution in [0.1, 0.15) is 27.9 Å². The van der Waals surface area contributed by atoms with E-state index in [-0.39, 0.29) is 17.9 Å². The molecule has 0 aromatic heterocycles. The van der Waals surface area contributed by atoms with Gasteiger partial charge in [-0.15, -0.1) is 0 Å². The van der Waals surface area contributed by atoms with Crippen LogP contribution in [-0.4, -0.2) is 24.7 Å². The SMILES string of the molecule is COc1cccc(C(=O)NCC2(O)CCc3ccccc32)c1F. The first kappa shape index (κ1) is 15.5. The van der Waals surface area contributed by atoms with Gasteiger partial charge in [0.2, 0.25) is 0 Å². The highest BCUT2D eigenvalue weighted by Crippen LogP contribution is 2.36. The number of hydrogen-bond acceptors (Lipinski definition) is 3. The molecule has 1 aliphatic carbocycles. The number of methoxy groups -OCH3 is 1. The lowest BCUT2D eigenvalue weighted by atomic mass is 9.96. The Kier molecular flexibility index (Phi) is 4.05. The minimum atomic E-state index is -1.11. The molecule has 2 aromatic carbocycles. The van der Waals surface area contributed by atoms with Crippen LogP contribution in [0.15, 0.2) is 42.5 Å². The van der Waals surface area contributed by atoms with Crippen molar-refractivity contribution in [1.29, 1.82) is 0 Å². The van der Waals surface area contributed by atoms with Gasteiger partial charge in [-0.25, -0.2) is 4.39 Å². The zero-order valence-corrected chi connectivity index (χ0v) is 12.8. The number of carbonyl (C=O) groups excluding carboxylic acids is 1. The van der Waals surface area contributed by atoms with E-state index in [1.807, 2.05) is 24.3 Å². The third-order valence-electron chi connectivity index (χ3n) is 4.30. The van der Waals surface area contributed by atoms with E-state index in [9.17, 15) is 14.3 Å². The van der Waals surface area contributed by atoms with E-state index in [0.29, 0.717) is 6.42 Å². The third-order valence-corrected chi connectivity index (χ3v) is 4.30. The first-order chi connectivity index (χ1) is 11.0.